The van der Waals surface area contributed by atoms with Crippen molar-refractivity contribution in [3.63, 3.8) is 0 Å². The van der Waals surface area contributed by atoms with Gasteiger partial charge in [0.2, 0.25) is 0 Å². The molecule has 162 valence electrons. The summed E-state index contributed by atoms with van der Waals surface area (Å²) in [6.07, 6.45) is 3.26. The van der Waals surface area contributed by atoms with Gasteiger partial charge in [-0.05, 0) is 65.1 Å². The molecule has 6 nitrogen and oxygen atoms in total. The van der Waals surface area contributed by atoms with Crippen LogP contribution in [0.2, 0.25) is 0 Å². The lowest BCUT2D eigenvalue weighted by atomic mass is 9.97. The van der Waals surface area contributed by atoms with Gasteiger partial charge in [0.1, 0.15) is 17.7 Å². The summed E-state index contributed by atoms with van der Waals surface area (Å²) < 4.78 is 20.0. The van der Waals surface area contributed by atoms with E-state index in [0.29, 0.717) is 30.7 Å². The summed E-state index contributed by atoms with van der Waals surface area (Å²) in [6, 6.07) is 14.5. The summed E-state index contributed by atoms with van der Waals surface area (Å²) in [7, 11) is 0. The first kappa shape index (κ1) is 20.1. The summed E-state index contributed by atoms with van der Waals surface area (Å²) >= 11 is 0. The van der Waals surface area contributed by atoms with Crippen LogP contribution in [0.1, 0.15) is 23.1 Å². The van der Waals surface area contributed by atoms with Gasteiger partial charge in [0, 0.05) is 30.2 Å². The van der Waals surface area contributed by atoms with Crippen molar-refractivity contribution in [3.05, 3.63) is 77.2 Å². The van der Waals surface area contributed by atoms with Gasteiger partial charge in [-0.2, -0.15) is 5.10 Å². The molecule has 0 amide bonds. The Morgan fingerprint density at radius 1 is 1.16 bits per heavy atom. The molecule has 1 aliphatic carbocycles. The van der Waals surface area contributed by atoms with Crippen LogP contribution in [-0.4, -0.2) is 27.4 Å². The Hall–Kier alpha value is -3.87. The summed E-state index contributed by atoms with van der Waals surface area (Å²) in [5.74, 6) is -0.549. The van der Waals surface area contributed by atoms with Crippen molar-refractivity contribution in [2.24, 2.45) is 0 Å². The molecule has 1 atom stereocenters. The maximum Gasteiger partial charge on any atom is 0.303 e. The van der Waals surface area contributed by atoms with Gasteiger partial charge in [-0.3, -0.25) is 9.89 Å². The van der Waals surface area contributed by atoms with Crippen LogP contribution in [0.15, 0.2) is 54.7 Å². The molecule has 1 unspecified atom stereocenters. The van der Waals surface area contributed by atoms with E-state index in [2.05, 4.69) is 10.2 Å². The van der Waals surface area contributed by atoms with E-state index in [1.54, 1.807) is 24.4 Å². The van der Waals surface area contributed by atoms with E-state index in [0.717, 1.165) is 38.7 Å². The molecule has 1 aliphatic rings. The minimum absolute atomic E-state index is 0.0172. The number of nitrogens with two attached hydrogens (primary N) is 1. The zero-order chi connectivity index (χ0) is 22.2. The highest BCUT2D eigenvalue weighted by molar-refractivity contribution is 5.87. The number of H-pyrrole nitrogens is 1. The molecule has 32 heavy (non-hydrogen) atoms. The second kappa shape index (κ2) is 8.00. The number of nitrogens with one attached hydrogen (secondary N) is 1. The normalized spacial score (nSPS) is 15.1. The average molecular weight is 431 g/mol. The number of halogens is 1. The summed E-state index contributed by atoms with van der Waals surface area (Å²) in [4.78, 5) is 11.1. The first-order chi connectivity index (χ1) is 15.5. The van der Waals surface area contributed by atoms with Crippen molar-refractivity contribution in [2.45, 2.75) is 31.8 Å². The second-order valence-electron chi connectivity index (χ2n) is 8.19. The lowest BCUT2D eigenvalue weighted by Gasteiger charge is -2.20. The Bertz CT molecular complexity index is 1330. The highest BCUT2D eigenvalue weighted by atomic mass is 19.1. The van der Waals surface area contributed by atoms with Crippen molar-refractivity contribution in [2.75, 3.05) is 5.73 Å². The lowest BCUT2D eigenvalue weighted by Crippen LogP contribution is -2.18. The number of nitrogen functional groups attached to an aromatic ring is 1. The predicted molar refractivity (Wildman–Crippen MR) is 120 cm³/mol. The number of ether oxygens (including phenoxy) is 1. The van der Waals surface area contributed by atoms with Crippen LogP contribution >= 0.6 is 0 Å². The number of hydrogen-bond donors (Lipinski definition) is 3. The molecule has 1 heterocycles. The number of benzene rings is 3. The Morgan fingerprint density at radius 3 is 2.84 bits per heavy atom. The Morgan fingerprint density at radius 2 is 2.00 bits per heavy atom. The molecule has 1 aromatic heterocycles. The quantitative estimate of drug-likeness (QED) is 0.390. The molecule has 0 aliphatic heterocycles. The number of aliphatic carboxylic acids is 1. The Balaban J connectivity index is 1.52. The first-order valence-electron chi connectivity index (χ1n) is 10.5. The minimum atomic E-state index is -0.860. The van der Waals surface area contributed by atoms with E-state index in [1.165, 1.54) is 6.07 Å². The molecular formula is C25H22FN3O3. The molecule has 3 aromatic carbocycles. The van der Waals surface area contributed by atoms with Gasteiger partial charge in [-0.15, -0.1) is 0 Å². The third-order valence-electron chi connectivity index (χ3n) is 5.90. The van der Waals surface area contributed by atoms with Crippen LogP contribution in [0.25, 0.3) is 22.0 Å². The van der Waals surface area contributed by atoms with Gasteiger partial charge in [0.25, 0.3) is 0 Å². The zero-order valence-corrected chi connectivity index (χ0v) is 17.3. The zero-order valence-electron chi connectivity index (χ0n) is 17.3. The number of carbonyl (C=O) groups is 1. The van der Waals surface area contributed by atoms with E-state index in [9.17, 15) is 9.18 Å². The number of carboxylic acid groups (broad SMARTS) is 1. The largest absolute Gasteiger partial charge is 0.487 e. The van der Waals surface area contributed by atoms with Crippen LogP contribution in [0, 0.1) is 5.82 Å². The highest BCUT2D eigenvalue weighted by Crippen LogP contribution is 2.40. The summed E-state index contributed by atoms with van der Waals surface area (Å²) in [5, 5.41) is 17.1. The van der Waals surface area contributed by atoms with Gasteiger partial charge in [-0.25, -0.2) is 4.39 Å². The SMILES string of the molecule is Nc1cc(CCC(=O)O)cc(-c2ccc3[nH]ncc3c2)c1OC1Cc2ccc(F)cc2C1. The number of hydrogen-bond acceptors (Lipinski definition) is 4. The highest BCUT2D eigenvalue weighted by Gasteiger charge is 2.25. The minimum Gasteiger partial charge on any atom is -0.487 e. The number of anilines is 1. The van der Waals surface area contributed by atoms with Crippen LogP contribution in [0.5, 0.6) is 5.75 Å². The third-order valence-corrected chi connectivity index (χ3v) is 5.90. The van der Waals surface area contributed by atoms with Crippen LogP contribution in [0.3, 0.4) is 0 Å². The van der Waals surface area contributed by atoms with Crippen molar-refractivity contribution in [1.29, 1.82) is 0 Å². The molecule has 0 saturated carbocycles. The molecule has 4 aromatic rings. The fourth-order valence-corrected chi connectivity index (χ4v) is 4.36. The monoisotopic (exact) mass is 431 g/mol. The van der Waals surface area contributed by atoms with E-state index < -0.39 is 5.97 Å². The van der Waals surface area contributed by atoms with E-state index >= 15 is 0 Å². The predicted octanol–water partition coefficient (Wildman–Crippen LogP) is 4.51. The van der Waals surface area contributed by atoms with E-state index in [4.69, 9.17) is 15.6 Å². The number of aromatic nitrogens is 2. The van der Waals surface area contributed by atoms with Gasteiger partial charge < -0.3 is 15.6 Å². The van der Waals surface area contributed by atoms with Gasteiger partial charge >= 0.3 is 5.97 Å². The number of aromatic amines is 1. The van der Waals surface area contributed by atoms with Gasteiger partial charge in [0.05, 0.1) is 17.4 Å². The molecule has 0 bridgehead atoms. The van der Waals surface area contributed by atoms with Crippen molar-refractivity contribution >= 4 is 22.6 Å². The second-order valence-corrected chi connectivity index (χ2v) is 8.19. The van der Waals surface area contributed by atoms with Gasteiger partial charge in [-0.1, -0.05) is 12.1 Å². The van der Waals surface area contributed by atoms with Crippen LogP contribution in [0.4, 0.5) is 10.1 Å². The van der Waals surface area contributed by atoms with Crippen molar-refractivity contribution in [3.8, 4) is 16.9 Å². The molecule has 0 spiro atoms. The Kier molecular flexibility index (Phi) is 5.01. The summed E-state index contributed by atoms with van der Waals surface area (Å²) in [5.41, 5.74) is 12.4. The smallest absolute Gasteiger partial charge is 0.303 e. The lowest BCUT2D eigenvalue weighted by molar-refractivity contribution is -0.136. The van der Waals surface area contributed by atoms with Crippen molar-refractivity contribution in [1.82, 2.24) is 10.2 Å². The number of rotatable bonds is 6. The first-order valence-corrected chi connectivity index (χ1v) is 10.5. The van der Waals surface area contributed by atoms with Gasteiger partial charge in [0.15, 0.2) is 0 Å². The maximum atomic E-state index is 13.6. The maximum absolute atomic E-state index is 13.6. The molecule has 0 saturated heterocycles. The molecule has 5 rings (SSSR count). The molecule has 0 fully saturated rings. The number of fused-ring (bicyclic) bond motifs is 2. The van der Waals surface area contributed by atoms with Crippen LogP contribution < -0.4 is 10.5 Å². The molecule has 0 radical (unpaired) electrons. The molecule has 7 heteroatoms. The molecular weight excluding hydrogens is 409 g/mol. The third kappa shape index (κ3) is 3.89. The number of aryl methyl sites for hydroxylation is 1. The van der Waals surface area contributed by atoms with Crippen LogP contribution in [-0.2, 0) is 24.1 Å². The van der Waals surface area contributed by atoms with E-state index in [-0.39, 0.29) is 18.3 Å². The number of nitrogens with zero attached hydrogens (tertiary/aromatic N) is 1. The van der Waals surface area contributed by atoms with E-state index in [1.807, 2.05) is 24.3 Å². The fraction of sp³-hybridized carbons (Fsp3) is 0.200. The summed E-state index contributed by atoms with van der Waals surface area (Å²) in [6.45, 7) is 0. The topological polar surface area (TPSA) is 101 Å². The Labute approximate surface area is 183 Å². The standard InChI is InChI=1S/C25H22FN3O3/c26-19-4-2-15-11-20(12-17(15)10-19)32-25-21(7-14(8-22(25)27)1-6-24(30)31)16-3-5-23-18(9-16)13-28-29-23/h2-5,7-10,13,20H,1,6,11-12,27H2,(H,28,29)(H,30,31). The average Bonchev–Trinajstić information content (AvgIpc) is 3.39. The fourth-order valence-electron chi connectivity index (χ4n) is 4.36. The number of carboxylic acids is 1. The molecule has 4 N–H and O–H groups in total. The van der Waals surface area contributed by atoms with Crippen molar-refractivity contribution < 1.29 is 19.0 Å².